The Kier molecular flexibility index (Phi) is 3.85. The van der Waals surface area contributed by atoms with Gasteiger partial charge in [0.05, 0.1) is 16.0 Å². The van der Waals surface area contributed by atoms with Crippen molar-refractivity contribution in [1.29, 1.82) is 0 Å². The number of aromatic nitrogens is 4. The smallest absolute Gasteiger partial charge is 0.228 e. The van der Waals surface area contributed by atoms with Crippen LogP contribution in [0, 0.1) is 0 Å². The largest absolute Gasteiger partial charge is 0.383 e. The SMILES string of the molecule is CN(Cc1ccccc1)c1nc(-c2cccs2)c2c(N)n(C)nc2n1. The standard InChI is InChI=1S/C18H18N6S/c1-23(11-12-7-4-3-5-8-12)18-20-15(13-9-6-10-25-13)14-16(19)24(2)22-17(14)21-18/h3-10H,11,19H2,1-2H3. The Balaban J connectivity index is 1.82. The number of anilines is 2. The van der Waals surface area contributed by atoms with E-state index in [1.165, 1.54) is 5.56 Å². The Morgan fingerprint density at radius 3 is 2.64 bits per heavy atom. The Morgan fingerprint density at radius 2 is 1.92 bits per heavy atom. The molecule has 4 aromatic rings. The van der Waals surface area contributed by atoms with Crippen molar-refractivity contribution in [2.45, 2.75) is 6.54 Å². The number of benzene rings is 1. The molecule has 2 N–H and O–H groups in total. The number of hydrogen-bond donors (Lipinski definition) is 1. The molecular weight excluding hydrogens is 332 g/mol. The summed E-state index contributed by atoms with van der Waals surface area (Å²) >= 11 is 1.63. The molecule has 0 aliphatic rings. The van der Waals surface area contributed by atoms with Gasteiger partial charge < -0.3 is 10.6 Å². The summed E-state index contributed by atoms with van der Waals surface area (Å²) in [4.78, 5) is 12.5. The molecule has 1 aromatic carbocycles. The van der Waals surface area contributed by atoms with Crippen molar-refractivity contribution in [3.8, 4) is 10.6 Å². The van der Waals surface area contributed by atoms with Gasteiger partial charge in [0.1, 0.15) is 5.82 Å². The molecule has 0 aliphatic carbocycles. The molecule has 0 saturated heterocycles. The maximum absolute atomic E-state index is 6.21. The highest BCUT2D eigenvalue weighted by Crippen LogP contribution is 2.34. The fraction of sp³-hybridized carbons (Fsp3) is 0.167. The first kappa shape index (κ1) is 15.6. The molecule has 0 amide bonds. The van der Waals surface area contributed by atoms with E-state index in [0.717, 1.165) is 22.5 Å². The number of nitrogens with zero attached hydrogens (tertiary/aromatic N) is 5. The molecule has 126 valence electrons. The number of hydrogen-bond acceptors (Lipinski definition) is 6. The van der Waals surface area contributed by atoms with Crippen molar-refractivity contribution in [3.05, 3.63) is 53.4 Å². The molecule has 0 atom stereocenters. The summed E-state index contributed by atoms with van der Waals surface area (Å²) in [6.07, 6.45) is 0. The fourth-order valence-corrected chi connectivity index (χ4v) is 3.51. The topological polar surface area (TPSA) is 72.9 Å². The number of nitrogen functional groups attached to an aromatic ring is 1. The minimum Gasteiger partial charge on any atom is -0.383 e. The first-order valence-corrected chi connectivity index (χ1v) is 8.80. The van der Waals surface area contributed by atoms with Crippen molar-refractivity contribution in [1.82, 2.24) is 19.7 Å². The minimum absolute atomic E-state index is 0.579. The lowest BCUT2D eigenvalue weighted by Crippen LogP contribution is -2.19. The van der Waals surface area contributed by atoms with E-state index in [0.29, 0.717) is 17.4 Å². The predicted octanol–water partition coefficient (Wildman–Crippen LogP) is 3.31. The Labute approximate surface area is 149 Å². The maximum atomic E-state index is 6.21. The maximum Gasteiger partial charge on any atom is 0.228 e. The molecule has 0 saturated carbocycles. The van der Waals surface area contributed by atoms with Gasteiger partial charge in [-0.1, -0.05) is 36.4 Å². The highest BCUT2D eigenvalue weighted by molar-refractivity contribution is 7.13. The summed E-state index contributed by atoms with van der Waals surface area (Å²) < 4.78 is 1.65. The Morgan fingerprint density at radius 1 is 1.12 bits per heavy atom. The van der Waals surface area contributed by atoms with Crippen LogP contribution in [0.3, 0.4) is 0 Å². The van der Waals surface area contributed by atoms with Gasteiger partial charge in [0.25, 0.3) is 0 Å². The van der Waals surface area contributed by atoms with Crippen LogP contribution in [0.5, 0.6) is 0 Å². The predicted molar refractivity (Wildman–Crippen MR) is 103 cm³/mol. The lowest BCUT2D eigenvalue weighted by Gasteiger charge is -2.17. The average molecular weight is 350 g/mol. The minimum atomic E-state index is 0.579. The molecule has 0 aliphatic heterocycles. The van der Waals surface area contributed by atoms with Crippen molar-refractivity contribution in [2.75, 3.05) is 17.7 Å². The molecule has 0 bridgehead atoms. The zero-order chi connectivity index (χ0) is 17.4. The van der Waals surface area contributed by atoms with Crippen LogP contribution in [0.2, 0.25) is 0 Å². The second-order valence-electron chi connectivity index (χ2n) is 5.90. The van der Waals surface area contributed by atoms with Crippen LogP contribution in [0.15, 0.2) is 47.8 Å². The van der Waals surface area contributed by atoms with Crippen LogP contribution in [0.1, 0.15) is 5.56 Å². The first-order chi connectivity index (χ1) is 12.1. The van der Waals surface area contributed by atoms with Gasteiger partial charge in [-0.2, -0.15) is 10.1 Å². The molecular formula is C18H18N6S. The molecule has 0 unspecified atom stereocenters. The van der Waals surface area contributed by atoms with Crippen LogP contribution in [0.4, 0.5) is 11.8 Å². The highest BCUT2D eigenvalue weighted by atomic mass is 32.1. The summed E-state index contributed by atoms with van der Waals surface area (Å²) in [5, 5.41) is 7.29. The van der Waals surface area contributed by atoms with Crippen LogP contribution >= 0.6 is 11.3 Å². The van der Waals surface area contributed by atoms with Crippen molar-refractivity contribution >= 4 is 34.1 Å². The molecule has 3 aromatic heterocycles. The van der Waals surface area contributed by atoms with E-state index in [4.69, 9.17) is 10.7 Å². The number of rotatable bonds is 4. The second kappa shape index (κ2) is 6.18. The molecule has 0 fully saturated rings. The normalized spacial score (nSPS) is 11.1. The number of nitrogens with two attached hydrogens (primary N) is 1. The van der Waals surface area contributed by atoms with Gasteiger partial charge in [-0.05, 0) is 17.0 Å². The Hall–Kier alpha value is -2.93. The lowest BCUT2D eigenvalue weighted by molar-refractivity contribution is 0.785. The summed E-state index contributed by atoms with van der Waals surface area (Å²) in [5.74, 6) is 1.22. The van der Waals surface area contributed by atoms with Gasteiger partial charge >= 0.3 is 0 Å². The molecule has 7 heteroatoms. The van der Waals surface area contributed by atoms with E-state index in [-0.39, 0.29) is 0 Å². The third kappa shape index (κ3) is 2.83. The van der Waals surface area contributed by atoms with Gasteiger partial charge in [0.15, 0.2) is 5.65 Å². The number of thiophene rings is 1. The van der Waals surface area contributed by atoms with E-state index >= 15 is 0 Å². The third-order valence-corrected chi connectivity index (χ3v) is 4.96. The van der Waals surface area contributed by atoms with Gasteiger partial charge in [0, 0.05) is 20.6 Å². The second-order valence-corrected chi connectivity index (χ2v) is 6.85. The quantitative estimate of drug-likeness (QED) is 0.611. The van der Waals surface area contributed by atoms with E-state index < -0.39 is 0 Å². The van der Waals surface area contributed by atoms with Crippen LogP contribution in [-0.4, -0.2) is 26.8 Å². The van der Waals surface area contributed by atoms with Crippen molar-refractivity contribution < 1.29 is 0 Å². The molecule has 0 radical (unpaired) electrons. The fourth-order valence-electron chi connectivity index (χ4n) is 2.79. The van der Waals surface area contributed by atoms with Gasteiger partial charge in [0.2, 0.25) is 5.95 Å². The lowest BCUT2D eigenvalue weighted by atomic mass is 10.2. The number of fused-ring (bicyclic) bond motifs is 1. The van der Waals surface area contributed by atoms with E-state index in [1.807, 2.05) is 54.7 Å². The van der Waals surface area contributed by atoms with Crippen molar-refractivity contribution in [2.24, 2.45) is 7.05 Å². The summed E-state index contributed by atoms with van der Waals surface area (Å²) in [6, 6.07) is 14.3. The zero-order valence-electron chi connectivity index (χ0n) is 14.0. The van der Waals surface area contributed by atoms with Crippen LogP contribution in [0.25, 0.3) is 21.6 Å². The van der Waals surface area contributed by atoms with Gasteiger partial charge in [-0.3, -0.25) is 4.68 Å². The van der Waals surface area contributed by atoms with Crippen LogP contribution in [-0.2, 0) is 13.6 Å². The summed E-state index contributed by atoms with van der Waals surface area (Å²) in [5.41, 5.74) is 8.86. The van der Waals surface area contributed by atoms with Gasteiger partial charge in [-0.25, -0.2) is 4.98 Å². The molecule has 0 spiro atoms. The van der Waals surface area contributed by atoms with Gasteiger partial charge in [-0.15, -0.1) is 11.3 Å². The Bertz CT molecular complexity index is 1010. The average Bonchev–Trinajstić information content (AvgIpc) is 3.24. The third-order valence-electron chi connectivity index (χ3n) is 4.09. The first-order valence-electron chi connectivity index (χ1n) is 7.92. The molecule has 25 heavy (non-hydrogen) atoms. The summed E-state index contributed by atoms with van der Waals surface area (Å²) in [6.45, 7) is 0.721. The summed E-state index contributed by atoms with van der Waals surface area (Å²) in [7, 11) is 3.81. The van der Waals surface area contributed by atoms with E-state index in [9.17, 15) is 0 Å². The van der Waals surface area contributed by atoms with Crippen molar-refractivity contribution in [3.63, 3.8) is 0 Å². The molecule has 6 nitrogen and oxygen atoms in total. The zero-order valence-corrected chi connectivity index (χ0v) is 14.9. The molecule has 3 heterocycles. The van der Waals surface area contributed by atoms with E-state index in [2.05, 4.69) is 22.2 Å². The van der Waals surface area contributed by atoms with Crippen LogP contribution < -0.4 is 10.6 Å². The molecule has 4 rings (SSSR count). The monoisotopic (exact) mass is 350 g/mol. The number of aryl methyl sites for hydroxylation is 1. The highest BCUT2D eigenvalue weighted by Gasteiger charge is 2.19. The van der Waals surface area contributed by atoms with E-state index in [1.54, 1.807) is 16.0 Å².